The van der Waals surface area contributed by atoms with Gasteiger partial charge in [0.1, 0.15) is 11.3 Å². The summed E-state index contributed by atoms with van der Waals surface area (Å²) in [4.78, 5) is 14.1. The molecule has 0 amide bonds. The van der Waals surface area contributed by atoms with Crippen molar-refractivity contribution in [2.75, 3.05) is 0 Å². The minimum atomic E-state index is -2.94. The first-order chi connectivity index (χ1) is 7.56. The molecular weight excluding hydrogens is 224 g/mol. The number of ether oxygens (including phenoxy) is 1. The molecule has 0 fully saturated rings. The molecule has 1 heterocycles. The molecule has 2 rings (SSSR count). The summed E-state index contributed by atoms with van der Waals surface area (Å²) in [5, 5.41) is 8.59. The fourth-order valence-corrected chi connectivity index (χ4v) is 1.17. The number of aromatic carboxylic acids is 1. The van der Waals surface area contributed by atoms with Crippen molar-refractivity contribution >= 4 is 17.1 Å². The van der Waals surface area contributed by atoms with E-state index in [1.807, 2.05) is 0 Å². The highest BCUT2D eigenvalue weighted by Crippen LogP contribution is 2.22. The normalized spacial score (nSPS) is 10.9. The lowest BCUT2D eigenvalue weighted by molar-refractivity contribution is -0.0497. The smallest absolute Gasteiger partial charge is 0.392 e. The van der Waals surface area contributed by atoms with Crippen molar-refractivity contribution < 1.29 is 27.8 Å². The molecule has 0 aliphatic rings. The zero-order chi connectivity index (χ0) is 11.7. The lowest BCUT2D eigenvalue weighted by atomic mass is 10.3. The first kappa shape index (κ1) is 10.3. The van der Waals surface area contributed by atoms with E-state index in [0.717, 1.165) is 0 Å². The number of nitrogens with zero attached hydrogens (tertiary/aromatic N) is 1. The van der Waals surface area contributed by atoms with Crippen LogP contribution in [0.2, 0.25) is 0 Å². The number of alkyl halides is 2. The third kappa shape index (κ3) is 1.92. The summed E-state index contributed by atoms with van der Waals surface area (Å²) in [6, 6.07) is 3.73. The minimum Gasteiger partial charge on any atom is -0.474 e. The number of carboxylic acids is 1. The second-order valence-electron chi connectivity index (χ2n) is 2.83. The van der Waals surface area contributed by atoms with Gasteiger partial charge in [0.15, 0.2) is 5.58 Å². The molecule has 0 unspecified atom stereocenters. The average Bonchev–Trinajstić information content (AvgIpc) is 2.59. The van der Waals surface area contributed by atoms with Crippen molar-refractivity contribution in [1.29, 1.82) is 0 Å². The molecule has 16 heavy (non-hydrogen) atoms. The zero-order valence-corrected chi connectivity index (χ0v) is 7.68. The molecule has 0 bridgehead atoms. The van der Waals surface area contributed by atoms with Gasteiger partial charge in [0.25, 0.3) is 0 Å². The Balaban J connectivity index is 2.41. The first-order valence-electron chi connectivity index (χ1n) is 4.15. The molecule has 0 spiro atoms. The van der Waals surface area contributed by atoms with Crippen LogP contribution in [0.3, 0.4) is 0 Å². The molecule has 7 heteroatoms. The van der Waals surface area contributed by atoms with Crippen molar-refractivity contribution in [3.05, 3.63) is 24.1 Å². The number of fused-ring (bicyclic) bond motifs is 1. The third-order valence-corrected chi connectivity index (χ3v) is 1.77. The van der Waals surface area contributed by atoms with E-state index in [-0.39, 0.29) is 16.8 Å². The maximum absolute atomic E-state index is 11.9. The summed E-state index contributed by atoms with van der Waals surface area (Å²) in [5.74, 6) is -1.93. The number of aromatic nitrogens is 1. The number of hydrogen-bond acceptors (Lipinski definition) is 4. The second kappa shape index (κ2) is 3.76. The number of oxazole rings is 1. The molecule has 2 aromatic rings. The van der Waals surface area contributed by atoms with Crippen LogP contribution < -0.4 is 4.74 Å². The zero-order valence-electron chi connectivity index (χ0n) is 7.68. The lowest BCUT2D eigenvalue weighted by Crippen LogP contribution is -2.01. The van der Waals surface area contributed by atoms with Crippen LogP contribution in [0.5, 0.6) is 5.75 Å². The number of benzene rings is 1. The molecule has 0 saturated heterocycles. The highest BCUT2D eigenvalue weighted by atomic mass is 19.3. The quantitative estimate of drug-likeness (QED) is 0.872. The van der Waals surface area contributed by atoms with Crippen molar-refractivity contribution in [2.45, 2.75) is 6.61 Å². The van der Waals surface area contributed by atoms with E-state index in [4.69, 9.17) is 9.52 Å². The van der Waals surface area contributed by atoms with Gasteiger partial charge in [0.2, 0.25) is 0 Å². The van der Waals surface area contributed by atoms with E-state index in [2.05, 4.69) is 9.72 Å². The first-order valence-corrected chi connectivity index (χ1v) is 4.15. The summed E-state index contributed by atoms with van der Waals surface area (Å²) in [6.07, 6.45) is 0. The molecule has 84 valence electrons. The Kier molecular flexibility index (Phi) is 2.43. The van der Waals surface area contributed by atoms with E-state index in [9.17, 15) is 13.6 Å². The van der Waals surface area contributed by atoms with Crippen LogP contribution in [-0.2, 0) is 0 Å². The van der Waals surface area contributed by atoms with Crippen LogP contribution >= 0.6 is 0 Å². The number of halogens is 2. The van der Waals surface area contributed by atoms with Crippen LogP contribution in [-0.4, -0.2) is 22.7 Å². The van der Waals surface area contributed by atoms with Crippen molar-refractivity contribution in [3.8, 4) is 5.75 Å². The molecule has 5 nitrogen and oxygen atoms in total. The molecule has 0 aliphatic carbocycles. The van der Waals surface area contributed by atoms with Crippen LogP contribution in [0.4, 0.5) is 8.78 Å². The predicted octanol–water partition coefficient (Wildman–Crippen LogP) is 2.13. The molecule has 0 aliphatic heterocycles. The topological polar surface area (TPSA) is 72.6 Å². The average molecular weight is 229 g/mol. The molecular formula is C9H5F2NO4. The summed E-state index contributed by atoms with van der Waals surface area (Å²) < 4.78 is 32.8. The summed E-state index contributed by atoms with van der Waals surface area (Å²) in [7, 11) is 0. The Hall–Kier alpha value is -2.18. The minimum absolute atomic E-state index is 0.104. The van der Waals surface area contributed by atoms with Crippen molar-refractivity contribution in [3.63, 3.8) is 0 Å². The second-order valence-corrected chi connectivity index (χ2v) is 2.83. The van der Waals surface area contributed by atoms with Crippen molar-refractivity contribution in [2.24, 2.45) is 0 Å². The molecule has 1 aromatic carbocycles. The number of carbonyl (C=O) groups is 1. The molecule has 0 radical (unpaired) electrons. The van der Waals surface area contributed by atoms with Gasteiger partial charge in [-0.15, -0.1) is 0 Å². The lowest BCUT2D eigenvalue weighted by Gasteiger charge is -2.02. The van der Waals surface area contributed by atoms with Gasteiger partial charge >= 0.3 is 18.5 Å². The van der Waals surface area contributed by atoms with Crippen LogP contribution in [0.25, 0.3) is 11.1 Å². The summed E-state index contributed by atoms with van der Waals surface area (Å²) in [5.41, 5.74) is 0.342. The Morgan fingerprint density at radius 2 is 2.25 bits per heavy atom. The van der Waals surface area contributed by atoms with Crippen LogP contribution in [0.1, 0.15) is 10.7 Å². The number of carboxylic acid groups (broad SMARTS) is 1. The number of rotatable bonds is 3. The van der Waals surface area contributed by atoms with Gasteiger partial charge in [-0.3, -0.25) is 0 Å². The highest BCUT2D eigenvalue weighted by Gasteiger charge is 2.13. The van der Waals surface area contributed by atoms with Gasteiger partial charge in [-0.1, -0.05) is 0 Å². The molecule has 0 atom stereocenters. The summed E-state index contributed by atoms with van der Waals surface area (Å²) >= 11 is 0. The predicted molar refractivity (Wildman–Crippen MR) is 47.6 cm³/mol. The fourth-order valence-electron chi connectivity index (χ4n) is 1.17. The van der Waals surface area contributed by atoms with E-state index in [1.165, 1.54) is 18.2 Å². The van der Waals surface area contributed by atoms with Crippen molar-refractivity contribution in [1.82, 2.24) is 4.98 Å². The van der Waals surface area contributed by atoms with Gasteiger partial charge in [0, 0.05) is 6.07 Å². The van der Waals surface area contributed by atoms with E-state index in [0.29, 0.717) is 0 Å². The monoisotopic (exact) mass is 229 g/mol. The standard InChI is InChI=1S/C9H5F2NO4/c10-9(11)15-4-1-2-6-5(3-4)12-7(16-6)8(13)14/h1-3,9H,(H,13,14). The Bertz CT molecular complexity index is 537. The highest BCUT2D eigenvalue weighted by molar-refractivity contribution is 5.86. The molecule has 1 aromatic heterocycles. The maximum atomic E-state index is 11.9. The van der Waals surface area contributed by atoms with E-state index >= 15 is 0 Å². The Morgan fingerprint density at radius 1 is 1.50 bits per heavy atom. The van der Waals surface area contributed by atoms with Gasteiger partial charge in [-0.05, 0) is 12.1 Å². The van der Waals surface area contributed by atoms with E-state index < -0.39 is 18.5 Å². The Morgan fingerprint density at radius 3 is 2.88 bits per heavy atom. The Labute approximate surface area is 87.3 Å². The van der Waals surface area contributed by atoms with Crippen LogP contribution in [0, 0.1) is 0 Å². The van der Waals surface area contributed by atoms with Gasteiger partial charge in [0.05, 0.1) is 0 Å². The SMILES string of the molecule is O=C(O)c1nc2cc(OC(F)F)ccc2o1. The van der Waals surface area contributed by atoms with Gasteiger partial charge in [-0.25, -0.2) is 9.78 Å². The largest absolute Gasteiger partial charge is 0.474 e. The van der Waals surface area contributed by atoms with Gasteiger partial charge < -0.3 is 14.3 Å². The van der Waals surface area contributed by atoms with Crippen LogP contribution in [0.15, 0.2) is 22.6 Å². The molecule has 0 saturated carbocycles. The number of hydrogen-bond donors (Lipinski definition) is 1. The summed E-state index contributed by atoms with van der Waals surface area (Å²) in [6.45, 7) is -2.94. The maximum Gasteiger partial charge on any atom is 0.392 e. The fraction of sp³-hybridized carbons (Fsp3) is 0.111. The van der Waals surface area contributed by atoms with Gasteiger partial charge in [-0.2, -0.15) is 8.78 Å². The van der Waals surface area contributed by atoms with E-state index in [1.54, 1.807) is 0 Å². The third-order valence-electron chi connectivity index (χ3n) is 1.77. The molecule has 1 N–H and O–H groups in total.